The Labute approximate surface area is 145 Å². The second-order valence-electron chi connectivity index (χ2n) is 6.98. The van der Waals surface area contributed by atoms with E-state index in [9.17, 15) is 13.6 Å². The second kappa shape index (κ2) is 6.26. The smallest absolute Gasteiger partial charge is 0.268 e. The van der Waals surface area contributed by atoms with E-state index < -0.39 is 11.6 Å². The van der Waals surface area contributed by atoms with Crippen molar-refractivity contribution in [3.8, 4) is 11.3 Å². The van der Waals surface area contributed by atoms with Crippen molar-refractivity contribution in [3.05, 3.63) is 47.7 Å². The zero-order valence-electron chi connectivity index (χ0n) is 14.1. The van der Waals surface area contributed by atoms with Crippen LogP contribution in [0.4, 0.5) is 8.78 Å². The summed E-state index contributed by atoms with van der Waals surface area (Å²) in [6, 6.07) is 7.55. The summed E-state index contributed by atoms with van der Waals surface area (Å²) in [6.07, 6.45) is 2.25. The quantitative estimate of drug-likeness (QED) is 0.929. The van der Waals surface area contributed by atoms with E-state index in [1.165, 1.54) is 12.1 Å². The summed E-state index contributed by atoms with van der Waals surface area (Å²) in [6.45, 7) is 3.13. The van der Waals surface area contributed by atoms with E-state index in [0.717, 1.165) is 38.5 Å². The molecule has 1 N–H and O–H groups in total. The second-order valence-corrected chi connectivity index (χ2v) is 6.98. The molecule has 5 rings (SSSR count). The van der Waals surface area contributed by atoms with Crippen molar-refractivity contribution in [2.75, 3.05) is 19.6 Å². The van der Waals surface area contributed by atoms with E-state index in [-0.39, 0.29) is 17.5 Å². The lowest BCUT2D eigenvalue weighted by Gasteiger charge is -2.44. The number of nitrogens with zero attached hydrogens (tertiary/aromatic N) is 2. The fourth-order valence-electron chi connectivity index (χ4n) is 4.08. The molecule has 4 nitrogen and oxygen atoms in total. The predicted molar refractivity (Wildman–Crippen MR) is 91.2 cm³/mol. The van der Waals surface area contributed by atoms with Crippen molar-refractivity contribution in [1.29, 1.82) is 0 Å². The molecule has 1 amide bonds. The number of benzene rings is 1. The third-order valence-electron chi connectivity index (χ3n) is 5.55. The zero-order valence-corrected chi connectivity index (χ0v) is 14.1. The Morgan fingerprint density at radius 2 is 1.92 bits per heavy atom. The van der Waals surface area contributed by atoms with Gasteiger partial charge in [-0.2, -0.15) is 0 Å². The highest BCUT2D eigenvalue weighted by Crippen LogP contribution is 2.29. The van der Waals surface area contributed by atoms with E-state index >= 15 is 0 Å². The van der Waals surface area contributed by atoms with Crippen LogP contribution in [0, 0.1) is 17.6 Å². The molecule has 2 bridgehead atoms. The van der Waals surface area contributed by atoms with Crippen LogP contribution < -0.4 is 5.32 Å². The van der Waals surface area contributed by atoms with E-state index in [2.05, 4.69) is 10.2 Å². The average molecular weight is 345 g/mol. The number of amides is 1. The van der Waals surface area contributed by atoms with E-state index in [1.54, 1.807) is 23.7 Å². The Bertz CT molecular complexity index is 809. The first kappa shape index (κ1) is 16.3. The molecule has 0 unspecified atom stereocenters. The highest BCUT2D eigenvalue weighted by Gasteiger charge is 2.35. The number of halogens is 2. The Morgan fingerprint density at radius 3 is 2.60 bits per heavy atom. The first-order chi connectivity index (χ1) is 12.0. The third-order valence-corrected chi connectivity index (χ3v) is 5.55. The number of hydrogen-bond acceptors (Lipinski definition) is 2. The lowest BCUT2D eigenvalue weighted by Crippen LogP contribution is -2.57. The molecule has 0 spiro atoms. The van der Waals surface area contributed by atoms with Gasteiger partial charge in [0.05, 0.1) is 5.69 Å². The maximum Gasteiger partial charge on any atom is 0.268 e. The van der Waals surface area contributed by atoms with Gasteiger partial charge in [-0.1, -0.05) is 6.07 Å². The fourth-order valence-corrected chi connectivity index (χ4v) is 4.08. The fraction of sp³-hybridized carbons (Fsp3) is 0.421. The first-order valence-corrected chi connectivity index (χ1v) is 8.68. The number of fused-ring (bicyclic) bond motifs is 3. The lowest BCUT2D eigenvalue weighted by atomic mass is 9.84. The van der Waals surface area contributed by atoms with Gasteiger partial charge in [0.2, 0.25) is 0 Å². The van der Waals surface area contributed by atoms with E-state index in [1.807, 2.05) is 0 Å². The molecule has 6 heteroatoms. The SMILES string of the molecule is Cn1c(C(=O)N[C@H]2CN3CCC2CC3)ccc1-c1cccc(F)c1F. The highest BCUT2D eigenvalue weighted by atomic mass is 19.2. The first-order valence-electron chi connectivity index (χ1n) is 8.68. The molecule has 0 radical (unpaired) electrons. The normalized spacial score (nSPS) is 25.2. The van der Waals surface area contributed by atoms with Crippen LogP contribution in [0.1, 0.15) is 23.3 Å². The summed E-state index contributed by atoms with van der Waals surface area (Å²) in [5.41, 5.74) is 1.09. The molecule has 2 aromatic rings. The van der Waals surface area contributed by atoms with Gasteiger partial charge in [-0.15, -0.1) is 0 Å². The summed E-state index contributed by atoms with van der Waals surface area (Å²) in [5, 5.41) is 3.13. The van der Waals surface area contributed by atoms with Gasteiger partial charge in [0.1, 0.15) is 5.69 Å². The summed E-state index contributed by atoms with van der Waals surface area (Å²) < 4.78 is 29.2. The number of carbonyl (C=O) groups is 1. The number of piperidine rings is 3. The minimum atomic E-state index is -0.895. The van der Waals surface area contributed by atoms with Crippen molar-refractivity contribution in [1.82, 2.24) is 14.8 Å². The number of rotatable bonds is 3. The van der Waals surface area contributed by atoms with Crippen LogP contribution in [-0.4, -0.2) is 41.1 Å². The zero-order chi connectivity index (χ0) is 17.6. The van der Waals surface area contributed by atoms with Crippen LogP contribution in [-0.2, 0) is 7.05 Å². The third kappa shape index (κ3) is 2.84. The molecule has 3 saturated heterocycles. The van der Waals surface area contributed by atoms with Crippen molar-refractivity contribution in [2.24, 2.45) is 13.0 Å². The summed E-state index contributed by atoms with van der Waals surface area (Å²) in [4.78, 5) is 15.1. The molecule has 3 fully saturated rings. The van der Waals surface area contributed by atoms with Crippen LogP contribution in [0.5, 0.6) is 0 Å². The largest absolute Gasteiger partial charge is 0.346 e. The Hall–Kier alpha value is -2.21. The molecular weight excluding hydrogens is 324 g/mol. The van der Waals surface area contributed by atoms with E-state index in [0.29, 0.717) is 17.3 Å². The van der Waals surface area contributed by atoms with Gasteiger partial charge in [0, 0.05) is 25.2 Å². The van der Waals surface area contributed by atoms with Gasteiger partial charge < -0.3 is 14.8 Å². The van der Waals surface area contributed by atoms with Crippen molar-refractivity contribution >= 4 is 5.91 Å². The number of hydrogen-bond donors (Lipinski definition) is 1. The van der Waals surface area contributed by atoms with Gasteiger partial charge in [0.15, 0.2) is 11.6 Å². The molecule has 25 heavy (non-hydrogen) atoms. The summed E-state index contributed by atoms with van der Waals surface area (Å²) >= 11 is 0. The lowest BCUT2D eigenvalue weighted by molar-refractivity contribution is 0.0616. The van der Waals surface area contributed by atoms with Gasteiger partial charge in [-0.05, 0) is 56.1 Å². The van der Waals surface area contributed by atoms with Crippen LogP contribution in [0.2, 0.25) is 0 Å². The standard InChI is InChI=1S/C19H21F2N3O/c1-23-16(13-3-2-4-14(20)18(13)21)5-6-17(23)19(25)22-15-11-24-9-7-12(15)8-10-24/h2-6,12,15H,7-11H2,1H3,(H,22,25)/t15-/m0/s1. The Kier molecular flexibility index (Phi) is 4.07. The molecule has 1 atom stereocenters. The number of nitrogens with one attached hydrogen (secondary N) is 1. The Morgan fingerprint density at radius 1 is 1.16 bits per heavy atom. The molecule has 132 valence electrons. The summed E-state index contributed by atoms with van der Waals surface area (Å²) in [5.74, 6) is -1.41. The average Bonchev–Trinajstić information content (AvgIpc) is 3.00. The van der Waals surface area contributed by atoms with Crippen molar-refractivity contribution < 1.29 is 13.6 Å². The highest BCUT2D eigenvalue weighted by molar-refractivity contribution is 5.94. The topological polar surface area (TPSA) is 37.3 Å². The minimum Gasteiger partial charge on any atom is -0.346 e. The summed E-state index contributed by atoms with van der Waals surface area (Å²) in [7, 11) is 1.70. The molecule has 1 aromatic carbocycles. The van der Waals surface area contributed by atoms with Crippen LogP contribution in [0.3, 0.4) is 0 Å². The maximum atomic E-state index is 14.1. The predicted octanol–water partition coefficient (Wildman–Crippen LogP) is 2.79. The minimum absolute atomic E-state index is 0.157. The van der Waals surface area contributed by atoms with Crippen molar-refractivity contribution in [2.45, 2.75) is 18.9 Å². The van der Waals surface area contributed by atoms with Crippen LogP contribution >= 0.6 is 0 Å². The molecule has 0 aliphatic carbocycles. The Balaban J connectivity index is 1.56. The molecule has 4 heterocycles. The number of carbonyl (C=O) groups excluding carboxylic acids is 1. The van der Waals surface area contributed by atoms with Crippen LogP contribution in [0.25, 0.3) is 11.3 Å². The monoisotopic (exact) mass is 345 g/mol. The van der Waals surface area contributed by atoms with E-state index in [4.69, 9.17) is 0 Å². The maximum absolute atomic E-state index is 14.1. The molecule has 0 saturated carbocycles. The molecule has 3 aliphatic rings. The van der Waals surface area contributed by atoms with Gasteiger partial charge in [-0.25, -0.2) is 8.78 Å². The van der Waals surface area contributed by atoms with Gasteiger partial charge in [0.25, 0.3) is 5.91 Å². The number of aromatic nitrogens is 1. The van der Waals surface area contributed by atoms with Crippen LogP contribution in [0.15, 0.2) is 30.3 Å². The molecular formula is C19H21F2N3O. The van der Waals surface area contributed by atoms with Gasteiger partial charge in [-0.3, -0.25) is 4.79 Å². The molecule has 3 aliphatic heterocycles. The van der Waals surface area contributed by atoms with Gasteiger partial charge >= 0.3 is 0 Å². The molecule has 1 aromatic heterocycles. The van der Waals surface area contributed by atoms with Crippen molar-refractivity contribution in [3.63, 3.8) is 0 Å².